The van der Waals surface area contributed by atoms with Crippen LogP contribution < -0.4 is 15.6 Å². The van der Waals surface area contributed by atoms with Crippen LogP contribution in [-0.2, 0) is 4.79 Å². The number of ether oxygens (including phenoxy) is 1. The molecule has 0 spiro atoms. The van der Waals surface area contributed by atoms with Gasteiger partial charge >= 0.3 is 6.61 Å². The Kier molecular flexibility index (Phi) is 6.90. The zero-order chi connectivity index (χ0) is 23.4. The minimum Gasteiger partial charge on any atom is -0.433 e. The molecule has 1 heterocycles. The third kappa shape index (κ3) is 5.32. The van der Waals surface area contributed by atoms with Gasteiger partial charge in [-0.15, -0.1) is 0 Å². The maximum Gasteiger partial charge on any atom is 0.387 e. The Hall–Kier alpha value is -3.43. The van der Waals surface area contributed by atoms with Gasteiger partial charge in [0.1, 0.15) is 5.75 Å². The minimum atomic E-state index is -3.02. The quantitative estimate of drug-likeness (QED) is 0.280. The molecule has 4 rings (SSSR count). The fraction of sp³-hybridized carbons (Fsp3) is 0.0870. The predicted molar refractivity (Wildman–Crippen MR) is 125 cm³/mol. The number of fused-ring (bicyclic) bond motifs is 1. The van der Waals surface area contributed by atoms with Crippen molar-refractivity contribution in [2.24, 2.45) is 0 Å². The van der Waals surface area contributed by atoms with E-state index in [1.54, 1.807) is 54.6 Å². The molecule has 33 heavy (non-hydrogen) atoms. The molecule has 0 fully saturated rings. The van der Waals surface area contributed by atoms with Gasteiger partial charge in [0, 0.05) is 5.02 Å². The van der Waals surface area contributed by atoms with Crippen molar-refractivity contribution in [3.05, 3.63) is 88.2 Å². The lowest BCUT2D eigenvalue weighted by atomic mass is 10.2. The SMILES string of the molecule is O=C(CSc1nc2ccccc2c(=O)n1-c1cccc(Cl)c1)Nc1ccccc1OC(F)F. The van der Waals surface area contributed by atoms with Crippen LogP contribution in [0.5, 0.6) is 5.75 Å². The zero-order valence-electron chi connectivity index (χ0n) is 16.9. The van der Waals surface area contributed by atoms with E-state index >= 15 is 0 Å². The van der Waals surface area contributed by atoms with Crippen molar-refractivity contribution in [1.29, 1.82) is 0 Å². The number of carbonyl (C=O) groups is 1. The molecule has 0 radical (unpaired) electrons. The molecule has 168 valence electrons. The van der Waals surface area contributed by atoms with Crippen LogP contribution in [0, 0.1) is 0 Å². The summed E-state index contributed by atoms with van der Waals surface area (Å²) in [6.07, 6.45) is 0. The summed E-state index contributed by atoms with van der Waals surface area (Å²) < 4.78 is 31.1. The van der Waals surface area contributed by atoms with E-state index < -0.39 is 12.5 Å². The first-order valence-electron chi connectivity index (χ1n) is 9.66. The van der Waals surface area contributed by atoms with Crippen LogP contribution in [-0.4, -0.2) is 27.8 Å². The molecule has 0 aliphatic carbocycles. The molecule has 0 aliphatic rings. The molecule has 0 atom stereocenters. The van der Waals surface area contributed by atoms with E-state index in [9.17, 15) is 18.4 Å². The normalized spacial score (nSPS) is 11.0. The van der Waals surface area contributed by atoms with Crippen molar-refractivity contribution >= 4 is 45.9 Å². The highest BCUT2D eigenvalue weighted by atomic mass is 35.5. The second kappa shape index (κ2) is 10.0. The number of anilines is 1. The molecular formula is C23H16ClF2N3O3S. The Morgan fingerprint density at radius 2 is 1.85 bits per heavy atom. The Labute approximate surface area is 196 Å². The highest BCUT2D eigenvalue weighted by Gasteiger charge is 2.16. The number of thioether (sulfide) groups is 1. The zero-order valence-corrected chi connectivity index (χ0v) is 18.4. The van der Waals surface area contributed by atoms with E-state index in [0.717, 1.165) is 11.8 Å². The number of nitrogens with one attached hydrogen (secondary N) is 1. The second-order valence-electron chi connectivity index (χ2n) is 6.74. The van der Waals surface area contributed by atoms with E-state index in [1.165, 1.54) is 22.8 Å². The van der Waals surface area contributed by atoms with Crippen LogP contribution >= 0.6 is 23.4 Å². The number of aromatic nitrogens is 2. The monoisotopic (exact) mass is 487 g/mol. The third-order valence-corrected chi connectivity index (χ3v) is 5.69. The summed E-state index contributed by atoms with van der Waals surface area (Å²) in [7, 11) is 0. The number of para-hydroxylation sites is 3. The van der Waals surface area contributed by atoms with Crippen molar-refractivity contribution in [3.63, 3.8) is 0 Å². The van der Waals surface area contributed by atoms with Crippen LogP contribution in [0.2, 0.25) is 5.02 Å². The molecule has 10 heteroatoms. The van der Waals surface area contributed by atoms with Gasteiger partial charge in [0.2, 0.25) is 5.91 Å². The first-order valence-corrected chi connectivity index (χ1v) is 11.0. The highest BCUT2D eigenvalue weighted by molar-refractivity contribution is 7.99. The van der Waals surface area contributed by atoms with Gasteiger partial charge < -0.3 is 10.1 Å². The molecule has 0 saturated carbocycles. The van der Waals surface area contributed by atoms with Crippen molar-refractivity contribution in [2.45, 2.75) is 11.8 Å². The number of nitrogens with zero attached hydrogens (tertiary/aromatic N) is 2. The summed E-state index contributed by atoms with van der Waals surface area (Å²) in [5, 5.41) is 3.70. The number of hydrogen-bond donors (Lipinski definition) is 1. The highest BCUT2D eigenvalue weighted by Crippen LogP contribution is 2.27. The number of halogens is 3. The molecule has 1 amide bonds. The molecule has 0 unspecified atom stereocenters. The standard InChI is InChI=1S/C23H16ClF2N3O3S/c24-14-6-5-7-15(12-14)29-21(31)16-8-1-2-9-17(16)28-23(29)33-13-20(30)27-18-10-3-4-11-19(18)32-22(25)26/h1-12,22H,13H2,(H,27,30). The molecule has 0 aliphatic heterocycles. The average molecular weight is 488 g/mol. The number of amides is 1. The van der Waals surface area contributed by atoms with E-state index in [0.29, 0.717) is 21.6 Å². The first-order chi connectivity index (χ1) is 15.9. The molecule has 0 bridgehead atoms. The Morgan fingerprint density at radius 3 is 2.64 bits per heavy atom. The van der Waals surface area contributed by atoms with Gasteiger partial charge in [0.25, 0.3) is 5.56 Å². The third-order valence-electron chi connectivity index (χ3n) is 4.52. The number of benzene rings is 3. The number of rotatable bonds is 7. The van der Waals surface area contributed by atoms with Crippen LogP contribution in [0.3, 0.4) is 0 Å². The number of alkyl halides is 2. The fourth-order valence-electron chi connectivity index (χ4n) is 3.14. The molecule has 3 aromatic carbocycles. The van der Waals surface area contributed by atoms with E-state index in [2.05, 4.69) is 15.0 Å². The van der Waals surface area contributed by atoms with E-state index in [4.69, 9.17) is 11.6 Å². The Balaban J connectivity index is 1.63. The molecular weight excluding hydrogens is 472 g/mol. The minimum absolute atomic E-state index is 0.113. The molecule has 4 aromatic rings. The maximum absolute atomic E-state index is 13.2. The fourth-order valence-corrected chi connectivity index (χ4v) is 4.13. The smallest absolute Gasteiger partial charge is 0.387 e. The average Bonchev–Trinajstić information content (AvgIpc) is 2.79. The van der Waals surface area contributed by atoms with Gasteiger partial charge in [0.05, 0.1) is 28.0 Å². The molecule has 1 aromatic heterocycles. The van der Waals surface area contributed by atoms with E-state index in [-0.39, 0.29) is 27.9 Å². The first kappa shape index (κ1) is 22.8. The predicted octanol–water partition coefficient (Wildman–Crippen LogP) is 5.37. The number of hydrogen-bond acceptors (Lipinski definition) is 5. The second-order valence-corrected chi connectivity index (χ2v) is 8.12. The maximum atomic E-state index is 13.2. The van der Waals surface area contributed by atoms with E-state index in [1.807, 2.05) is 0 Å². The van der Waals surface area contributed by atoms with Crippen molar-refractivity contribution in [3.8, 4) is 11.4 Å². The van der Waals surface area contributed by atoms with Crippen LogP contribution in [0.1, 0.15) is 0 Å². The summed E-state index contributed by atoms with van der Waals surface area (Å²) in [5.74, 6) is -0.759. The molecule has 1 N–H and O–H groups in total. The largest absolute Gasteiger partial charge is 0.433 e. The lowest BCUT2D eigenvalue weighted by Crippen LogP contribution is -2.23. The number of carbonyl (C=O) groups excluding carboxylic acids is 1. The van der Waals surface area contributed by atoms with Crippen LogP contribution in [0.25, 0.3) is 16.6 Å². The Bertz CT molecular complexity index is 1380. The summed E-state index contributed by atoms with van der Waals surface area (Å²) >= 11 is 7.15. The summed E-state index contributed by atoms with van der Waals surface area (Å²) in [4.78, 5) is 30.3. The lowest BCUT2D eigenvalue weighted by Gasteiger charge is -2.14. The van der Waals surface area contributed by atoms with Gasteiger partial charge in [-0.3, -0.25) is 14.2 Å². The molecule has 0 saturated heterocycles. The lowest BCUT2D eigenvalue weighted by molar-refractivity contribution is -0.113. The van der Waals surface area contributed by atoms with Gasteiger partial charge in [-0.25, -0.2) is 4.98 Å². The van der Waals surface area contributed by atoms with Gasteiger partial charge in [-0.2, -0.15) is 8.78 Å². The van der Waals surface area contributed by atoms with Crippen LogP contribution in [0.4, 0.5) is 14.5 Å². The van der Waals surface area contributed by atoms with Gasteiger partial charge in [-0.05, 0) is 42.5 Å². The van der Waals surface area contributed by atoms with Crippen molar-refractivity contribution < 1.29 is 18.3 Å². The summed E-state index contributed by atoms with van der Waals surface area (Å²) in [6.45, 7) is -3.02. The topological polar surface area (TPSA) is 73.2 Å². The van der Waals surface area contributed by atoms with Crippen molar-refractivity contribution in [1.82, 2.24) is 9.55 Å². The van der Waals surface area contributed by atoms with Gasteiger partial charge in [-0.1, -0.05) is 53.7 Å². The Morgan fingerprint density at radius 1 is 1.09 bits per heavy atom. The molecule has 6 nitrogen and oxygen atoms in total. The van der Waals surface area contributed by atoms with Gasteiger partial charge in [0.15, 0.2) is 5.16 Å². The summed E-state index contributed by atoms with van der Waals surface area (Å²) in [5.41, 5.74) is 0.798. The van der Waals surface area contributed by atoms with Crippen LogP contribution in [0.15, 0.2) is 82.7 Å². The summed E-state index contributed by atoms with van der Waals surface area (Å²) in [6, 6.07) is 19.5. The van der Waals surface area contributed by atoms with Crippen molar-refractivity contribution in [2.75, 3.05) is 11.1 Å².